The van der Waals surface area contributed by atoms with Gasteiger partial charge in [-0.1, -0.05) is 50.3 Å². The van der Waals surface area contributed by atoms with E-state index < -0.39 is 23.2 Å². The van der Waals surface area contributed by atoms with Gasteiger partial charge in [-0.3, -0.25) is 4.98 Å². The van der Waals surface area contributed by atoms with Gasteiger partial charge in [-0.25, -0.2) is 23.5 Å². The minimum absolute atomic E-state index is 0.00783. The molecule has 0 aliphatic carbocycles. The third-order valence-electron chi connectivity index (χ3n) is 7.92. The van der Waals surface area contributed by atoms with E-state index in [1.54, 1.807) is 17.2 Å². The minimum Gasteiger partial charge on any atom is -0.444 e. The fraction of sp³-hybridized carbons (Fsp3) is 0.400. The number of benzene rings is 1. The van der Waals surface area contributed by atoms with Crippen molar-refractivity contribution in [3.8, 4) is 16.9 Å². The van der Waals surface area contributed by atoms with Crippen LogP contribution in [0.1, 0.15) is 71.2 Å². The fourth-order valence-electron chi connectivity index (χ4n) is 5.83. The van der Waals surface area contributed by atoms with Gasteiger partial charge < -0.3 is 14.5 Å². The number of halogens is 1. The van der Waals surface area contributed by atoms with E-state index in [4.69, 9.17) is 9.72 Å². The van der Waals surface area contributed by atoms with Crippen LogP contribution in [0.25, 0.3) is 33.6 Å². The molecule has 236 valence electrons. The van der Waals surface area contributed by atoms with Crippen LogP contribution < -0.4 is 10.6 Å². The second kappa shape index (κ2) is 12.1. The summed E-state index contributed by atoms with van der Waals surface area (Å²) in [6.45, 7) is 20.4. The highest BCUT2D eigenvalue weighted by Gasteiger charge is 2.33. The van der Waals surface area contributed by atoms with Gasteiger partial charge in [-0.05, 0) is 70.7 Å². The molecule has 0 saturated carbocycles. The molecule has 1 saturated heterocycles. The third kappa shape index (κ3) is 6.18. The second-order valence-corrected chi connectivity index (χ2v) is 13.1. The van der Waals surface area contributed by atoms with E-state index in [9.17, 15) is 9.59 Å². The monoisotopic (exact) mass is 612 g/mol. The Hall–Kier alpha value is -4.60. The van der Waals surface area contributed by atoms with E-state index in [0.717, 1.165) is 16.7 Å². The van der Waals surface area contributed by atoms with Gasteiger partial charge in [0.15, 0.2) is 5.65 Å². The Balaban J connectivity index is 1.75. The van der Waals surface area contributed by atoms with Crippen molar-refractivity contribution in [3.05, 3.63) is 82.3 Å². The topological polar surface area (TPSA) is 93.5 Å². The maximum Gasteiger partial charge on any atom is 0.410 e. The van der Waals surface area contributed by atoms with E-state index >= 15 is 4.39 Å². The predicted octanol–water partition coefficient (Wildman–Crippen LogP) is 6.89. The lowest BCUT2D eigenvalue weighted by Crippen LogP contribution is -2.55. The first-order valence-electron chi connectivity index (χ1n) is 15.3. The van der Waals surface area contributed by atoms with Gasteiger partial charge >= 0.3 is 11.8 Å². The quantitative estimate of drug-likeness (QED) is 0.242. The number of amides is 1. The van der Waals surface area contributed by atoms with Crippen LogP contribution in [0.2, 0.25) is 0 Å². The van der Waals surface area contributed by atoms with Crippen LogP contribution in [0.5, 0.6) is 0 Å². The summed E-state index contributed by atoms with van der Waals surface area (Å²) in [6, 6.07) is 10.4. The van der Waals surface area contributed by atoms with Crippen molar-refractivity contribution < 1.29 is 13.9 Å². The first kappa shape index (κ1) is 31.8. The molecule has 1 aliphatic heterocycles. The molecule has 9 nitrogen and oxygen atoms in total. The van der Waals surface area contributed by atoms with Gasteiger partial charge in [0.05, 0.1) is 16.8 Å². The van der Waals surface area contributed by atoms with Crippen LogP contribution in [0.4, 0.5) is 15.0 Å². The van der Waals surface area contributed by atoms with Crippen molar-refractivity contribution in [1.29, 1.82) is 0 Å². The normalized spacial score (nSPS) is 15.6. The average molecular weight is 613 g/mol. The van der Waals surface area contributed by atoms with Gasteiger partial charge in [-0.2, -0.15) is 4.98 Å². The van der Waals surface area contributed by atoms with E-state index in [1.807, 2.05) is 84.6 Å². The number of ether oxygens (including phenoxy) is 1. The number of piperazine rings is 1. The van der Waals surface area contributed by atoms with Crippen molar-refractivity contribution in [2.24, 2.45) is 0 Å². The molecule has 0 unspecified atom stereocenters. The average Bonchev–Trinajstić information content (AvgIpc) is 2.96. The molecule has 1 aromatic carbocycles. The predicted molar refractivity (Wildman–Crippen MR) is 176 cm³/mol. The summed E-state index contributed by atoms with van der Waals surface area (Å²) in [5.74, 6) is -0.232. The Kier molecular flexibility index (Phi) is 8.53. The molecule has 1 aliphatic rings. The lowest BCUT2D eigenvalue weighted by atomic mass is 9.98. The van der Waals surface area contributed by atoms with Crippen LogP contribution in [-0.4, -0.2) is 61.8 Å². The summed E-state index contributed by atoms with van der Waals surface area (Å²) in [4.78, 5) is 44.6. The molecule has 3 aromatic heterocycles. The van der Waals surface area contributed by atoms with E-state index in [-0.39, 0.29) is 23.3 Å². The van der Waals surface area contributed by atoms with Gasteiger partial charge in [0.25, 0.3) is 0 Å². The first-order valence-corrected chi connectivity index (χ1v) is 15.3. The molecule has 0 radical (unpaired) electrons. The van der Waals surface area contributed by atoms with Gasteiger partial charge in [0.1, 0.15) is 22.9 Å². The molecule has 0 bridgehead atoms. The zero-order valence-corrected chi connectivity index (χ0v) is 27.3. The Bertz CT molecular complexity index is 1860. The molecule has 4 heterocycles. The molecule has 0 spiro atoms. The molecule has 5 rings (SSSR count). The molecule has 0 N–H and O–H groups in total. The summed E-state index contributed by atoms with van der Waals surface area (Å²) >= 11 is 0. The highest BCUT2D eigenvalue weighted by atomic mass is 19.1. The summed E-state index contributed by atoms with van der Waals surface area (Å²) in [6.07, 6.45) is 1.32. The van der Waals surface area contributed by atoms with Crippen molar-refractivity contribution in [3.63, 3.8) is 0 Å². The number of anilines is 1. The largest absolute Gasteiger partial charge is 0.444 e. The summed E-state index contributed by atoms with van der Waals surface area (Å²) in [5, 5.41) is 0.388. The number of aryl methyl sites for hydroxylation is 1. The molecule has 10 heteroatoms. The van der Waals surface area contributed by atoms with Crippen LogP contribution in [0, 0.1) is 12.7 Å². The Labute approximate surface area is 263 Å². The lowest BCUT2D eigenvalue weighted by molar-refractivity contribution is 0.0218. The maximum atomic E-state index is 16.2. The van der Waals surface area contributed by atoms with Crippen molar-refractivity contribution in [1.82, 2.24) is 24.4 Å². The van der Waals surface area contributed by atoms with Crippen molar-refractivity contribution in [2.75, 3.05) is 24.5 Å². The Morgan fingerprint density at radius 2 is 1.84 bits per heavy atom. The number of pyridine rings is 2. The van der Waals surface area contributed by atoms with E-state index in [0.29, 0.717) is 47.8 Å². The minimum atomic E-state index is -0.622. The van der Waals surface area contributed by atoms with Crippen LogP contribution in [0.3, 0.4) is 0 Å². The Morgan fingerprint density at radius 1 is 1.13 bits per heavy atom. The van der Waals surface area contributed by atoms with Gasteiger partial charge in [-0.15, -0.1) is 0 Å². The Morgan fingerprint density at radius 3 is 2.49 bits per heavy atom. The van der Waals surface area contributed by atoms with E-state index in [2.05, 4.69) is 16.5 Å². The first-order chi connectivity index (χ1) is 21.2. The number of carbonyl (C=O) groups is 1. The van der Waals surface area contributed by atoms with Crippen LogP contribution in [0.15, 0.2) is 54.0 Å². The number of hydrogen-bond donors (Lipinski definition) is 0. The molecule has 1 amide bonds. The smallest absolute Gasteiger partial charge is 0.410 e. The fourth-order valence-corrected chi connectivity index (χ4v) is 5.83. The molecule has 45 heavy (non-hydrogen) atoms. The standard InChI is InChI=1S/C35H41FN6O3/c1-20(2)24-12-10-11-13-25(24)29-27(36)18-26-31(41-17-16-40(19-23(41)6)34(44)45-35(7,8)9)39-33(43)42(32(26)38-29)30-22(5)14-15-37-28(30)21(3)4/h10-15,18,21,23H,1,16-17,19H2,2-9H3/t23-/m0/s1. The van der Waals surface area contributed by atoms with Crippen molar-refractivity contribution in [2.45, 2.75) is 73.0 Å². The summed E-state index contributed by atoms with van der Waals surface area (Å²) < 4.78 is 23.3. The molecule has 4 aromatic rings. The summed E-state index contributed by atoms with van der Waals surface area (Å²) in [7, 11) is 0. The zero-order valence-electron chi connectivity index (χ0n) is 27.3. The van der Waals surface area contributed by atoms with E-state index in [1.165, 1.54) is 10.6 Å². The highest BCUT2D eigenvalue weighted by Crippen LogP contribution is 2.35. The number of hydrogen-bond acceptors (Lipinski definition) is 7. The van der Waals surface area contributed by atoms with Crippen LogP contribution >= 0.6 is 0 Å². The molecular weight excluding hydrogens is 571 g/mol. The molecule has 1 atom stereocenters. The summed E-state index contributed by atoms with van der Waals surface area (Å²) in [5.41, 5.74) is 3.44. The number of carbonyl (C=O) groups excluding carboxylic acids is 1. The lowest BCUT2D eigenvalue weighted by Gasteiger charge is -2.41. The maximum absolute atomic E-state index is 16.2. The van der Waals surface area contributed by atoms with Crippen LogP contribution in [-0.2, 0) is 4.74 Å². The third-order valence-corrected chi connectivity index (χ3v) is 7.92. The number of rotatable bonds is 5. The number of aromatic nitrogens is 4. The van der Waals surface area contributed by atoms with Crippen molar-refractivity contribution >= 4 is 28.5 Å². The SMILES string of the molecule is C=C(C)c1ccccc1-c1nc2c(cc1F)c(N1CCN(C(=O)OC(C)(C)C)C[C@@H]1C)nc(=O)n2-c1c(C)ccnc1C(C)C. The number of fused-ring (bicyclic) bond motifs is 1. The van der Waals surface area contributed by atoms with Gasteiger partial charge in [0.2, 0.25) is 0 Å². The highest BCUT2D eigenvalue weighted by molar-refractivity contribution is 5.91. The molecule has 1 fully saturated rings. The zero-order chi connectivity index (χ0) is 32.8. The number of nitrogens with zero attached hydrogens (tertiary/aromatic N) is 6. The van der Waals surface area contributed by atoms with Gasteiger partial charge in [0, 0.05) is 37.4 Å². The number of allylic oxidation sites excluding steroid dienone is 1. The molecular formula is C35H41FN6O3. The second-order valence-electron chi connectivity index (χ2n) is 13.1.